The number of nitrogens with zero attached hydrogens (tertiary/aromatic N) is 6. The standard InChI is InChI=1S/C58H74N7O7P/c1-44(2)65(56(3,4)35-15-38-59)73(68)72-43-57(42-71-58(46-16-11-9-12-17-46,47-21-31-52(69-7)32-22-47)48-23-33-53(70-8)34-24-48)36-40-64(41-37-57)54(66)18-13-10-14-39-60-55(67)45-19-25-49(26-20-45)61-62-50-27-29-51(30-28-50)63(5)6/h9,11-12,16-17,19-34,44,68H,10,13-15,18,35-37,39-43H2,1-8H3,(H,60,67). The third-order valence-corrected chi connectivity index (χ3v) is 15.4. The van der Waals surface area contributed by atoms with Crippen LogP contribution in [0.4, 0.5) is 17.1 Å². The van der Waals surface area contributed by atoms with E-state index in [4.69, 9.17) is 18.7 Å². The smallest absolute Gasteiger partial charge is 0.256 e. The number of nitrogens with one attached hydrogen (secondary N) is 1. The third-order valence-electron chi connectivity index (χ3n) is 13.7. The summed E-state index contributed by atoms with van der Waals surface area (Å²) in [5, 5.41) is 21.1. The Labute approximate surface area is 434 Å². The number of unbranched alkanes of at least 4 members (excludes halogenated alkanes) is 2. The Bertz CT molecular complexity index is 2510. The Balaban J connectivity index is 1.11. The monoisotopic (exact) mass is 1010 g/mol. The molecule has 1 unspecified atom stereocenters. The lowest BCUT2D eigenvalue weighted by molar-refractivity contribution is -0.136. The molecule has 2 N–H and O–H groups in total. The van der Waals surface area contributed by atoms with E-state index in [2.05, 4.69) is 33.7 Å². The summed E-state index contributed by atoms with van der Waals surface area (Å²) in [5.41, 5.74) is 3.58. The molecule has 0 saturated carbocycles. The quantitative estimate of drug-likeness (QED) is 0.0236. The maximum atomic E-state index is 13.8. The van der Waals surface area contributed by atoms with Crippen LogP contribution in [0.5, 0.6) is 11.5 Å². The van der Waals surface area contributed by atoms with Gasteiger partial charge in [0.2, 0.25) is 5.91 Å². The highest BCUT2D eigenvalue weighted by molar-refractivity contribution is 7.43. The average Bonchev–Trinajstić information content (AvgIpc) is 3.41. The number of carbonyl (C=O) groups is 2. The second-order valence-electron chi connectivity index (χ2n) is 19.8. The van der Waals surface area contributed by atoms with Gasteiger partial charge < -0.3 is 38.7 Å². The second-order valence-corrected chi connectivity index (χ2v) is 21.0. The number of anilines is 1. The summed E-state index contributed by atoms with van der Waals surface area (Å²) in [6.45, 7) is 10.1. The minimum Gasteiger partial charge on any atom is -0.497 e. The number of azo groups is 1. The fraction of sp³-hybridized carbons (Fsp3) is 0.431. The number of hydrogen-bond acceptors (Lipinski definition) is 12. The van der Waals surface area contributed by atoms with Gasteiger partial charge in [-0.2, -0.15) is 15.5 Å². The van der Waals surface area contributed by atoms with Crippen molar-refractivity contribution < 1.29 is 33.2 Å². The first-order chi connectivity index (χ1) is 35.1. The maximum Gasteiger partial charge on any atom is 0.256 e. The van der Waals surface area contributed by atoms with E-state index in [0.29, 0.717) is 69.4 Å². The number of likely N-dealkylation sites (tertiary alicyclic amines) is 1. The van der Waals surface area contributed by atoms with Crippen molar-refractivity contribution >= 4 is 37.4 Å². The highest BCUT2D eigenvalue weighted by Gasteiger charge is 2.45. The Morgan fingerprint density at radius 3 is 1.85 bits per heavy atom. The molecule has 0 aliphatic carbocycles. The molecular weight excluding hydrogens is 938 g/mol. The van der Waals surface area contributed by atoms with E-state index < -0.39 is 25.1 Å². The van der Waals surface area contributed by atoms with Crippen LogP contribution in [0.15, 0.2) is 138 Å². The molecule has 1 aliphatic rings. The van der Waals surface area contributed by atoms with Crippen molar-refractivity contribution in [3.63, 3.8) is 0 Å². The van der Waals surface area contributed by atoms with Crippen molar-refractivity contribution in [1.82, 2.24) is 14.9 Å². The van der Waals surface area contributed by atoms with Gasteiger partial charge in [-0.05, 0) is 149 Å². The molecule has 1 atom stereocenters. The number of ether oxygens (including phenoxy) is 3. The van der Waals surface area contributed by atoms with Gasteiger partial charge in [0.15, 0.2) is 0 Å². The predicted molar refractivity (Wildman–Crippen MR) is 290 cm³/mol. The molecule has 2 amide bonds. The molecular formula is C58H74N7O7P. The zero-order chi connectivity index (χ0) is 52.4. The number of rotatable bonds is 26. The lowest BCUT2D eigenvalue weighted by Gasteiger charge is -2.46. The molecule has 5 aromatic rings. The van der Waals surface area contributed by atoms with Crippen LogP contribution in [-0.4, -0.2) is 99.0 Å². The molecule has 0 aromatic heterocycles. The molecule has 14 nitrogen and oxygen atoms in total. The SMILES string of the molecule is COc1ccc(C(OCC2(COP(O)N(C(C)C)C(C)(C)CCC#N)CCN(C(=O)CCCCCNC(=O)c3ccc(N=Nc4ccc(N(C)C)cc4)cc3)CC2)(c2ccccc2)c2ccc(OC)cc2)cc1. The summed E-state index contributed by atoms with van der Waals surface area (Å²) in [6.07, 6.45) is 4.72. The first kappa shape index (κ1) is 56.1. The van der Waals surface area contributed by atoms with E-state index in [1.807, 2.05) is 147 Å². The van der Waals surface area contributed by atoms with Gasteiger partial charge in [0.1, 0.15) is 17.1 Å². The molecule has 15 heteroatoms. The van der Waals surface area contributed by atoms with Crippen molar-refractivity contribution in [3.8, 4) is 17.6 Å². The number of benzene rings is 5. The zero-order valence-corrected chi connectivity index (χ0v) is 44.8. The minimum absolute atomic E-state index is 0.0528. The van der Waals surface area contributed by atoms with Crippen LogP contribution in [0.2, 0.25) is 0 Å². The highest BCUT2D eigenvalue weighted by atomic mass is 31.2. The lowest BCUT2D eigenvalue weighted by atomic mass is 9.77. The number of carbonyl (C=O) groups excluding carboxylic acids is 2. The van der Waals surface area contributed by atoms with Gasteiger partial charge in [0.25, 0.3) is 14.4 Å². The van der Waals surface area contributed by atoms with Crippen molar-refractivity contribution in [2.75, 3.05) is 66.1 Å². The second kappa shape index (κ2) is 26.7. The molecule has 1 fully saturated rings. The van der Waals surface area contributed by atoms with E-state index >= 15 is 0 Å². The first-order valence-electron chi connectivity index (χ1n) is 25.3. The molecule has 388 valence electrons. The van der Waals surface area contributed by atoms with Crippen molar-refractivity contribution in [2.24, 2.45) is 15.6 Å². The van der Waals surface area contributed by atoms with Crippen molar-refractivity contribution in [2.45, 2.75) is 96.2 Å². The summed E-state index contributed by atoms with van der Waals surface area (Å²) >= 11 is 0. The molecule has 0 spiro atoms. The molecule has 5 aromatic carbocycles. The van der Waals surface area contributed by atoms with Crippen molar-refractivity contribution in [1.29, 1.82) is 5.26 Å². The Morgan fingerprint density at radius 2 is 1.33 bits per heavy atom. The third kappa shape index (κ3) is 15.0. The summed E-state index contributed by atoms with van der Waals surface area (Å²) in [7, 11) is 5.20. The fourth-order valence-corrected chi connectivity index (χ4v) is 10.9. The van der Waals surface area contributed by atoms with E-state index in [1.165, 1.54) is 0 Å². The van der Waals surface area contributed by atoms with Crippen LogP contribution >= 0.6 is 8.53 Å². The first-order valence-corrected chi connectivity index (χ1v) is 26.4. The Kier molecular flexibility index (Phi) is 20.5. The minimum atomic E-state index is -2.07. The van der Waals surface area contributed by atoms with E-state index in [-0.39, 0.29) is 31.1 Å². The lowest BCUT2D eigenvalue weighted by Crippen LogP contribution is -2.49. The van der Waals surface area contributed by atoms with E-state index in [9.17, 15) is 19.7 Å². The molecule has 1 heterocycles. The molecule has 0 bridgehead atoms. The topological polar surface area (TPSA) is 162 Å². The molecule has 73 heavy (non-hydrogen) atoms. The molecule has 1 saturated heterocycles. The van der Waals surface area contributed by atoms with Gasteiger partial charge in [-0.1, -0.05) is 61.0 Å². The van der Waals surface area contributed by atoms with Crippen LogP contribution in [-0.2, 0) is 19.7 Å². The zero-order valence-electron chi connectivity index (χ0n) is 43.9. The van der Waals surface area contributed by atoms with E-state index in [0.717, 1.165) is 52.4 Å². The Morgan fingerprint density at radius 1 is 0.781 bits per heavy atom. The fourth-order valence-electron chi connectivity index (χ4n) is 9.41. The van der Waals surface area contributed by atoms with Gasteiger partial charge in [-0.15, -0.1) is 0 Å². The van der Waals surface area contributed by atoms with Crippen LogP contribution in [0, 0.1) is 16.7 Å². The number of piperidine rings is 1. The van der Waals surface area contributed by atoms with Crippen molar-refractivity contribution in [3.05, 3.63) is 150 Å². The highest BCUT2D eigenvalue weighted by Crippen LogP contribution is 2.49. The van der Waals surface area contributed by atoms with Crippen LogP contribution in [0.1, 0.15) is 106 Å². The summed E-state index contributed by atoms with van der Waals surface area (Å²) in [4.78, 5) is 42.6. The van der Waals surface area contributed by atoms with Crippen LogP contribution < -0.4 is 19.7 Å². The van der Waals surface area contributed by atoms with Gasteiger partial charge in [-0.25, -0.2) is 4.67 Å². The van der Waals surface area contributed by atoms with Gasteiger partial charge >= 0.3 is 0 Å². The summed E-state index contributed by atoms with van der Waals surface area (Å²) < 4.78 is 27.2. The number of amides is 2. The molecule has 0 radical (unpaired) electrons. The summed E-state index contributed by atoms with van der Waals surface area (Å²) in [5.74, 6) is 1.37. The number of nitriles is 1. The van der Waals surface area contributed by atoms with Gasteiger partial charge in [0, 0.05) is 74.8 Å². The molecule has 1 aliphatic heterocycles. The van der Waals surface area contributed by atoms with Gasteiger partial charge in [-0.3, -0.25) is 9.59 Å². The van der Waals surface area contributed by atoms with Crippen LogP contribution in [0.25, 0.3) is 0 Å². The van der Waals surface area contributed by atoms with Gasteiger partial charge in [0.05, 0.1) is 44.9 Å². The normalized spacial score (nSPS) is 14.2. The number of methoxy groups -OCH3 is 2. The Hall–Kier alpha value is -6.20. The molecule has 6 rings (SSSR count). The van der Waals surface area contributed by atoms with E-state index in [1.54, 1.807) is 38.5 Å². The maximum absolute atomic E-state index is 13.8. The van der Waals surface area contributed by atoms with Crippen LogP contribution in [0.3, 0.4) is 0 Å². The number of hydrogen-bond donors (Lipinski definition) is 2. The average molecular weight is 1010 g/mol. The predicted octanol–water partition coefficient (Wildman–Crippen LogP) is 12.1. The largest absolute Gasteiger partial charge is 0.497 e. The summed E-state index contributed by atoms with van der Waals surface area (Å²) in [6, 6.07) is 43.1.